The Labute approximate surface area is 155 Å². The van der Waals surface area contributed by atoms with Gasteiger partial charge >= 0.3 is 12.0 Å². The molecule has 1 aromatic carbocycles. The molecule has 1 aromatic rings. The first-order valence-corrected chi connectivity index (χ1v) is 9.24. The number of nitrogens with zero attached hydrogens (tertiary/aromatic N) is 2. The van der Waals surface area contributed by atoms with Gasteiger partial charge in [-0.1, -0.05) is 12.1 Å². The summed E-state index contributed by atoms with van der Waals surface area (Å²) >= 11 is 0. The molecule has 26 heavy (non-hydrogen) atoms. The van der Waals surface area contributed by atoms with E-state index in [4.69, 9.17) is 9.47 Å². The molecule has 1 saturated carbocycles. The Kier molecular flexibility index (Phi) is 5.39. The van der Waals surface area contributed by atoms with Gasteiger partial charge in [0.1, 0.15) is 11.4 Å². The molecule has 2 amide bonds. The summed E-state index contributed by atoms with van der Waals surface area (Å²) in [6, 6.07) is 7.93. The molecule has 0 radical (unpaired) electrons. The highest BCUT2D eigenvalue weighted by atomic mass is 16.6. The number of esters is 1. The van der Waals surface area contributed by atoms with Crippen molar-refractivity contribution in [2.24, 2.45) is 5.92 Å². The summed E-state index contributed by atoms with van der Waals surface area (Å²) < 4.78 is 11.1. The zero-order valence-corrected chi connectivity index (χ0v) is 15.9. The number of benzene rings is 1. The van der Waals surface area contributed by atoms with E-state index in [0.29, 0.717) is 25.9 Å². The number of rotatable bonds is 5. The fourth-order valence-electron chi connectivity index (χ4n) is 3.46. The molecule has 1 heterocycles. The number of carbonyl (C=O) groups excluding carboxylic acids is 2. The number of piperidine rings is 1. The quantitative estimate of drug-likeness (QED) is 0.758. The number of urea groups is 1. The van der Waals surface area contributed by atoms with Crippen LogP contribution in [0, 0.1) is 5.92 Å². The molecule has 1 saturated heterocycles. The van der Waals surface area contributed by atoms with Crippen molar-refractivity contribution in [3.8, 4) is 5.75 Å². The lowest BCUT2D eigenvalue weighted by Crippen LogP contribution is -2.45. The van der Waals surface area contributed by atoms with Crippen LogP contribution in [-0.4, -0.2) is 61.7 Å². The minimum atomic E-state index is -0.331. The second kappa shape index (κ2) is 7.56. The molecule has 1 aliphatic heterocycles. The van der Waals surface area contributed by atoms with E-state index < -0.39 is 0 Å². The largest absolute Gasteiger partial charge is 0.497 e. The number of carbonyl (C=O) groups is 2. The van der Waals surface area contributed by atoms with Gasteiger partial charge in [-0.2, -0.15) is 0 Å². The second-order valence-electron chi connectivity index (χ2n) is 7.57. The van der Waals surface area contributed by atoms with Gasteiger partial charge in [0.2, 0.25) is 0 Å². The van der Waals surface area contributed by atoms with E-state index in [2.05, 4.69) is 0 Å². The normalized spacial score (nSPS) is 19.0. The SMILES string of the molecule is COc1ccc(CC2(OC(=O)C3CCN(C(=O)N(C)C)CC3)CC2)cc1. The highest BCUT2D eigenvalue weighted by Crippen LogP contribution is 2.43. The molecule has 2 fully saturated rings. The van der Waals surface area contributed by atoms with Crippen LogP contribution in [0.2, 0.25) is 0 Å². The van der Waals surface area contributed by atoms with Crippen LogP contribution in [0.1, 0.15) is 31.2 Å². The number of methoxy groups -OCH3 is 1. The predicted octanol–water partition coefficient (Wildman–Crippen LogP) is 2.71. The molecular formula is C20H28N2O4. The highest BCUT2D eigenvalue weighted by molar-refractivity contribution is 5.76. The van der Waals surface area contributed by atoms with Crippen LogP contribution >= 0.6 is 0 Å². The summed E-state index contributed by atoms with van der Waals surface area (Å²) in [5.41, 5.74) is 0.824. The lowest BCUT2D eigenvalue weighted by Gasteiger charge is -2.33. The van der Waals surface area contributed by atoms with Crippen molar-refractivity contribution < 1.29 is 19.1 Å². The van der Waals surface area contributed by atoms with Crippen molar-refractivity contribution in [3.63, 3.8) is 0 Å². The lowest BCUT2D eigenvalue weighted by atomic mass is 9.97. The molecule has 142 valence electrons. The highest BCUT2D eigenvalue weighted by Gasteiger charge is 2.47. The van der Waals surface area contributed by atoms with Gasteiger partial charge in [-0.25, -0.2) is 4.79 Å². The third-order valence-corrected chi connectivity index (χ3v) is 5.29. The summed E-state index contributed by atoms with van der Waals surface area (Å²) in [6.45, 7) is 1.23. The Balaban J connectivity index is 1.51. The standard InChI is InChI=1S/C20H28N2O4/c1-21(2)19(24)22-12-8-16(9-13-22)18(23)26-20(10-11-20)14-15-4-6-17(25-3)7-5-15/h4-7,16H,8-14H2,1-3H3. The zero-order valence-electron chi connectivity index (χ0n) is 15.9. The second-order valence-corrected chi connectivity index (χ2v) is 7.57. The molecule has 0 spiro atoms. The van der Waals surface area contributed by atoms with Gasteiger partial charge in [0.15, 0.2) is 0 Å². The fourth-order valence-corrected chi connectivity index (χ4v) is 3.46. The maximum absolute atomic E-state index is 12.6. The van der Waals surface area contributed by atoms with E-state index in [0.717, 1.165) is 30.6 Å². The summed E-state index contributed by atoms with van der Waals surface area (Å²) in [5.74, 6) is 0.622. The van der Waals surface area contributed by atoms with Gasteiger partial charge in [0, 0.05) is 33.6 Å². The zero-order chi connectivity index (χ0) is 18.7. The molecule has 0 N–H and O–H groups in total. The first-order chi connectivity index (χ1) is 12.4. The van der Waals surface area contributed by atoms with Crippen molar-refractivity contribution in [1.29, 1.82) is 0 Å². The van der Waals surface area contributed by atoms with Gasteiger partial charge in [-0.3, -0.25) is 4.79 Å². The van der Waals surface area contributed by atoms with Crippen molar-refractivity contribution in [1.82, 2.24) is 9.80 Å². The molecule has 2 aliphatic rings. The lowest BCUT2D eigenvalue weighted by molar-refractivity contribution is -0.157. The number of likely N-dealkylation sites (tertiary alicyclic amines) is 1. The predicted molar refractivity (Wildman–Crippen MR) is 98.1 cm³/mol. The topological polar surface area (TPSA) is 59.1 Å². The van der Waals surface area contributed by atoms with Gasteiger partial charge in [0.25, 0.3) is 0 Å². The molecule has 3 rings (SSSR count). The van der Waals surface area contributed by atoms with Gasteiger partial charge in [0.05, 0.1) is 13.0 Å². The van der Waals surface area contributed by atoms with Crippen LogP contribution in [-0.2, 0) is 16.0 Å². The first kappa shape index (κ1) is 18.5. The van der Waals surface area contributed by atoms with Gasteiger partial charge < -0.3 is 19.3 Å². The monoisotopic (exact) mass is 360 g/mol. The Morgan fingerprint density at radius 3 is 2.27 bits per heavy atom. The molecule has 1 aliphatic carbocycles. The smallest absolute Gasteiger partial charge is 0.319 e. The average molecular weight is 360 g/mol. The molecule has 6 heteroatoms. The van der Waals surface area contributed by atoms with E-state index in [9.17, 15) is 9.59 Å². The minimum Gasteiger partial charge on any atom is -0.497 e. The Bertz CT molecular complexity index is 644. The number of hydrogen-bond donors (Lipinski definition) is 0. The van der Waals surface area contributed by atoms with Crippen LogP contribution < -0.4 is 4.74 Å². The summed E-state index contributed by atoms with van der Waals surface area (Å²) in [6.07, 6.45) is 3.94. The summed E-state index contributed by atoms with van der Waals surface area (Å²) in [7, 11) is 5.15. The van der Waals surface area contributed by atoms with Crippen LogP contribution in [0.25, 0.3) is 0 Å². The van der Waals surface area contributed by atoms with Gasteiger partial charge in [-0.05, 0) is 43.4 Å². The molecule has 0 aromatic heterocycles. The van der Waals surface area contributed by atoms with E-state index in [1.165, 1.54) is 0 Å². The van der Waals surface area contributed by atoms with Crippen molar-refractivity contribution in [2.75, 3.05) is 34.3 Å². The maximum atomic E-state index is 12.6. The average Bonchev–Trinajstić information content (AvgIpc) is 3.40. The van der Waals surface area contributed by atoms with E-state index in [-0.39, 0.29) is 23.5 Å². The Hall–Kier alpha value is -2.24. The van der Waals surface area contributed by atoms with Crippen molar-refractivity contribution in [3.05, 3.63) is 29.8 Å². The first-order valence-electron chi connectivity index (χ1n) is 9.24. The van der Waals surface area contributed by atoms with Crippen LogP contribution in [0.5, 0.6) is 5.75 Å². The van der Waals surface area contributed by atoms with Crippen LogP contribution in [0.3, 0.4) is 0 Å². The number of hydrogen-bond acceptors (Lipinski definition) is 4. The summed E-state index contributed by atoms with van der Waals surface area (Å²) in [4.78, 5) is 28.0. The maximum Gasteiger partial charge on any atom is 0.319 e. The van der Waals surface area contributed by atoms with Crippen molar-refractivity contribution >= 4 is 12.0 Å². The summed E-state index contributed by atoms with van der Waals surface area (Å²) in [5, 5.41) is 0. The molecular weight excluding hydrogens is 332 g/mol. The van der Waals surface area contributed by atoms with Gasteiger partial charge in [-0.15, -0.1) is 0 Å². The van der Waals surface area contributed by atoms with E-state index >= 15 is 0 Å². The molecule has 0 unspecified atom stereocenters. The van der Waals surface area contributed by atoms with Crippen molar-refractivity contribution in [2.45, 2.75) is 37.7 Å². The third-order valence-electron chi connectivity index (χ3n) is 5.29. The van der Waals surface area contributed by atoms with E-state index in [1.807, 2.05) is 24.3 Å². The third kappa shape index (κ3) is 4.29. The number of ether oxygens (including phenoxy) is 2. The van der Waals surface area contributed by atoms with E-state index in [1.54, 1.807) is 31.0 Å². The number of amides is 2. The minimum absolute atomic E-state index is 0.00925. The van der Waals surface area contributed by atoms with Crippen LogP contribution in [0.4, 0.5) is 4.79 Å². The molecule has 0 bridgehead atoms. The van der Waals surface area contributed by atoms with Crippen LogP contribution in [0.15, 0.2) is 24.3 Å². The molecule has 6 nitrogen and oxygen atoms in total. The Morgan fingerprint density at radius 1 is 1.15 bits per heavy atom. The Morgan fingerprint density at radius 2 is 1.77 bits per heavy atom. The fraction of sp³-hybridized carbons (Fsp3) is 0.600. The molecule has 0 atom stereocenters.